The summed E-state index contributed by atoms with van der Waals surface area (Å²) in [5.41, 5.74) is -0.0100. The highest BCUT2D eigenvalue weighted by atomic mass is 32.2. The van der Waals surface area contributed by atoms with Crippen molar-refractivity contribution in [1.82, 2.24) is 5.32 Å². The van der Waals surface area contributed by atoms with Crippen LogP contribution in [0.2, 0.25) is 0 Å². The van der Waals surface area contributed by atoms with Crippen LogP contribution >= 0.6 is 0 Å². The first-order valence-corrected chi connectivity index (χ1v) is 5.93. The molecule has 84 valence electrons. The highest BCUT2D eigenvalue weighted by Crippen LogP contribution is 2.17. The van der Waals surface area contributed by atoms with E-state index in [1.807, 2.05) is 20.8 Å². The molecule has 0 heterocycles. The lowest BCUT2D eigenvalue weighted by Gasteiger charge is -2.17. The molecule has 1 atom stereocenters. The van der Waals surface area contributed by atoms with E-state index in [9.17, 15) is 9.00 Å². The summed E-state index contributed by atoms with van der Waals surface area (Å²) in [6.07, 6.45) is 1.02. The summed E-state index contributed by atoms with van der Waals surface area (Å²) in [6.45, 7) is 6.46. The fourth-order valence-corrected chi connectivity index (χ4v) is 1.36. The number of nitrogens with one attached hydrogen (secondary N) is 1. The van der Waals surface area contributed by atoms with Crippen LogP contribution in [0, 0.1) is 5.41 Å². The Kier molecular flexibility index (Phi) is 5.95. The third kappa shape index (κ3) is 9.67. The van der Waals surface area contributed by atoms with E-state index in [1.54, 1.807) is 0 Å². The molecular formula is C9H19NO3S. The van der Waals surface area contributed by atoms with Gasteiger partial charge >= 0.3 is 0 Å². The highest BCUT2D eigenvalue weighted by Gasteiger charge is 2.15. The second-order valence-electron chi connectivity index (χ2n) is 4.47. The molecule has 14 heavy (non-hydrogen) atoms. The van der Waals surface area contributed by atoms with Gasteiger partial charge in [-0.3, -0.25) is 4.79 Å². The largest absolute Gasteiger partial charge is 0.356 e. The van der Waals surface area contributed by atoms with Crippen LogP contribution in [-0.2, 0) is 15.9 Å². The summed E-state index contributed by atoms with van der Waals surface area (Å²) in [6, 6.07) is 0. The number of amides is 1. The van der Waals surface area contributed by atoms with Crippen molar-refractivity contribution in [2.45, 2.75) is 33.6 Å². The standard InChI is InChI=1S/C9H19NO3S/c1-9(2,3)7-8(11)10-5-4-6-14(12)13/h4-7H2,1-3H3,(H,10,11)(H,12,13). The molecule has 0 saturated carbocycles. The Bertz CT molecular complexity index is 211. The molecule has 0 aromatic heterocycles. The Hall–Kier alpha value is -0.420. The van der Waals surface area contributed by atoms with Crippen molar-refractivity contribution in [3.63, 3.8) is 0 Å². The average molecular weight is 221 g/mol. The Morgan fingerprint density at radius 2 is 2.00 bits per heavy atom. The molecule has 0 aliphatic carbocycles. The van der Waals surface area contributed by atoms with Gasteiger partial charge in [-0.1, -0.05) is 20.8 Å². The van der Waals surface area contributed by atoms with Crippen molar-refractivity contribution in [3.05, 3.63) is 0 Å². The second kappa shape index (κ2) is 6.14. The smallest absolute Gasteiger partial charge is 0.220 e. The van der Waals surface area contributed by atoms with Gasteiger partial charge < -0.3 is 9.87 Å². The molecule has 0 radical (unpaired) electrons. The van der Waals surface area contributed by atoms with Gasteiger partial charge in [-0.2, -0.15) is 0 Å². The van der Waals surface area contributed by atoms with Gasteiger partial charge in [-0.15, -0.1) is 0 Å². The zero-order valence-corrected chi connectivity index (χ0v) is 9.82. The number of carbonyl (C=O) groups excluding carboxylic acids is 1. The zero-order chi connectivity index (χ0) is 11.2. The fraction of sp³-hybridized carbons (Fsp3) is 0.889. The molecule has 0 bridgehead atoms. The average Bonchev–Trinajstić information content (AvgIpc) is 1.94. The maximum atomic E-state index is 11.3. The van der Waals surface area contributed by atoms with Gasteiger partial charge in [0.2, 0.25) is 5.91 Å². The molecule has 0 spiro atoms. The van der Waals surface area contributed by atoms with Crippen molar-refractivity contribution in [2.24, 2.45) is 5.41 Å². The van der Waals surface area contributed by atoms with Crippen LogP contribution in [0.15, 0.2) is 0 Å². The fourth-order valence-electron chi connectivity index (χ4n) is 0.968. The highest BCUT2D eigenvalue weighted by molar-refractivity contribution is 7.79. The summed E-state index contributed by atoms with van der Waals surface area (Å²) >= 11 is -1.75. The predicted octanol–water partition coefficient (Wildman–Crippen LogP) is 1.15. The molecular weight excluding hydrogens is 202 g/mol. The van der Waals surface area contributed by atoms with Crippen LogP contribution < -0.4 is 5.32 Å². The van der Waals surface area contributed by atoms with Gasteiger partial charge in [0.1, 0.15) is 0 Å². The van der Waals surface area contributed by atoms with E-state index >= 15 is 0 Å². The molecule has 2 N–H and O–H groups in total. The van der Waals surface area contributed by atoms with Gasteiger partial charge in [-0.25, -0.2) is 4.21 Å². The maximum Gasteiger partial charge on any atom is 0.220 e. The number of hydrogen-bond acceptors (Lipinski definition) is 2. The Labute approximate surface area is 87.7 Å². The van der Waals surface area contributed by atoms with Gasteiger partial charge in [0, 0.05) is 13.0 Å². The summed E-state index contributed by atoms with van der Waals surface area (Å²) in [5, 5.41) is 2.71. The van der Waals surface area contributed by atoms with Crippen LogP contribution in [0.1, 0.15) is 33.6 Å². The molecule has 0 aliphatic rings. The van der Waals surface area contributed by atoms with Crippen LogP contribution in [0.5, 0.6) is 0 Å². The first kappa shape index (κ1) is 13.6. The van der Waals surface area contributed by atoms with Gasteiger partial charge in [0.25, 0.3) is 0 Å². The predicted molar refractivity (Wildman–Crippen MR) is 57.3 cm³/mol. The van der Waals surface area contributed by atoms with Crippen molar-refractivity contribution < 1.29 is 13.6 Å². The third-order valence-corrected chi connectivity index (χ3v) is 2.15. The molecule has 0 rings (SSSR count). The first-order chi connectivity index (χ1) is 6.31. The SMILES string of the molecule is CC(C)(C)CC(=O)NCCCS(=O)O. The van der Waals surface area contributed by atoms with E-state index in [2.05, 4.69) is 5.32 Å². The minimum absolute atomic E-state index is 0.00113. The monoisotopic (exact) mass is 221 g/mol. The van der Waals surface area contributed by atoms with Crippen LogP contribution in [0.3, 0.4) is 0 Å². The van der Waals surface area contributed by atoms with Gasteiger partial charge in [-0.05, 0) is 11.8 Å². The molecule has 4 nitrogen and oxygen atoms in total. The summed E-state index contributed by atoms with van der Waals surface area (Å²) in [5.74, 6) is 0.219. The van der Waals surface area contributed by atoms with Gasteiger partial charge in [0.05, 0.1) is 5.75 Å². The number of rotatable bonds is 5. The first-order valence-electron chi connectivity index (χ1n) is 4.65. The zero-order valence-electron chi connectivity index (χ0n) is 9.00. The quantitative estimate of drug-likeness (QED) is 0.540. The third-order valence-electron chi connectivity index (χ3n) is 1.51. The molecule has 0 aromatic rings. The number of carbonyl (C=O) groups is 1. The minimum atomic E-state index is -1.75. The van der Waals surface area contributed by atoms with Crippen LogP contribution in [0.25, 0.3) is 0 Å². The van der Waals surface area contributed by atoms with Crippen molar-refractivity contribution in [1.29, 1.82) is 0 Å². The van der Waals surface area contributed by atoms with Crippen molar-refractivity contribution in [2.75, 3.05) is 12.3 Å². The van der Waals surface area contributed by atoms with E-state index < -0.39 is 11.1 Å². The van der Waals surface area contributed by atoms with E-state index in [4.69, 9.17) is 4.55 Å². The lowest BCUT2D eigenvalue weighted by Crippen LogP contribution is -2.28. The van der Waals surface area contributed by atoms with E-state index in [0.29, 0.717) is 19.4 Å². The molecule has 0 fully saturated rings. The topological polar surface area (TPSA) is 66.4 Å². The lowest BCUT2D eigenvalue weighted by atomic mass is 9.92. The Balaban J connectivity index is 3.50. The van der Waals surface area contributed by atoms with Gasteiger partial charge in [0.15, 0.2) is 11.1 Å². The van der Waals surface area contributed by atoms with Crippen LogP contribution in [0.4, 0.5) is 0 Å². The molecule has 1 amide bonds. The molecule has 1 unspecified atom stereocenters. The molecule has 0 saturated heterocycles. The van der Waals surface area contributed by atoms with E-state index in [0.717, 1.165) is 0 Å². The Morgan fingerprint density at radius 3 is 2.43 bits per heavy atom. The molecule has 0 aliphatic heterocycles. The van der Waals surface area contributed by atoms with Crippen LogP contribution in [-0.4, -0.2) is 27.0 Å². The Morgan fingerprint density at radius 1 is 1.43 bits per heavy atom. The molecule has 5 heteroatoms. The van der Waals surface area contributed by atoms with E-state index in [1.165, 1.54) is 0 Å². The summed E-state index contributed by atoms with van der Waals surface area (Å²) < 4.78 is 18.7. The van der Waals surface area contributed by atoms with Crippen molar-refractivity contribution >= 4 is 17.0 Å². The minimum Gasteiger partial charge on any atom is -0.356 e. The summed E-state index contributed by atoms with van der Waals surface area (Å²) in [7, 11) is 0. The number of hydrogen-bond donors (Lipinski definition) is 2. The maximum absolute atomic E-state index is 11.3. The normalized spacial score (nSPS) is 13.7. The van der Waals surface area contributed by atoms with E-state index in [-0.39, 0.29) is 17.1 Å². The van der Waals surface area contributed by atoms with Crippen molar-refractivity contribution in [3.8, 4) is 0 Å². The lowest BCUT2D eigenvalue weighted by molar-refractivity contribution is -0.122. The summed E-state index contributed by atoms with van der Waals surface area (Å²) in [4.78, 5) is 11.3. The second-order valence-corrected chi connectivity index (χ2v) is 5.52. The molecule has 0 aromatic carbocycles.